The van der Waals surface area contributed by atoms with Gasteiger partial charge in [0.2, 0.25) is 15.9 Å². The van der Waals surface area contributed by atoms with Crippen LogP contribution in [-0.4, -0.2) is 87.6 Å². The van der Waals surface area contributed by atoms with Crippen LogP contribution in [0.15, 0.2) is 41.3 Å². The van der Waals surface area contributed by atoms with Crippen molar-refractivity contribution in [3.8, 4) is 0 Å². The van der Waals surface area contributed by atoms with Crippen LogP contribution in [0.25, 0.3) is 10.2 Å². The molecule has 15 heteroatoms. The predicted molar refractivity (Wildman–Crippen MR) is 147 cm³/mol. The van der Waals surface area contributed by atoms with Crippen molar-refractivity contribution in [2.24, 2.45) is 5.73 Å². The Balaban J connectivity index is 1.39. The smallest absolute Gasteiger partial charge is 0.258 e. The Morgan fingerprint density at radius 3 is 2.42 bits per heavy atom. The summed E-state index contributed by atoms with van der Waals surface area (Å²) in [4.78, 5) is 30.8. The Hall–Kier alpha value is -2.62. The minimum atomic E-state index is -3.56. The molecule has 3 N–H and O–H groups in total. The van der Waals surface area contributed by atoms with Gasteiger partial charge in [0.25, 0.3) is 5.91 Å². The van der Waals surface area contributed by atoms with Gasteiger partial charge in [0.05, 0.1) is 43.3 Å². The molecule has 0 aliphatic carbocycles. The second-order valence-corrected chi connectivity index (χ2v) is 14.3. The molecule has 2 aromatic carbocycles. The number of fused-ring (bicyclic) bond motifs is 1. The lowest BCUT2D eigenvalue weighted by Crippen LogP contribution is -2.48. The molecular weight excluding hydrogens is 574 g/mol. The van der Waals surface area contributed by atoms with Crippen LogP contribution in [-0.2, 0) is 19.9 Å². The van der Waals surface area contributed by atoms with E-state index in [1.165, 1.54) is 40.9 Å². The number of rotatable bonds is 9. The maximum absolute atomic E-state index is 13.0. The van der Waals surface area contributed by atoms with E-state index in [4.69, 9.17) is 17.3 Å². The third-order valence-corrected chi connectivity index (χ3v) is 10.6. The molecule has 0 unspecified atom stereocenters. The zero-order valence-electron chi connectivity index (χ0n) is 20.4. The molecule has 0 bridgehead atoms. The number of aromatic nitrogens is 1. The molecule has 204 valence electrons. The highest BCUT2D eigenvalue weighted by molar-refractivity contribution is 7.91. The number of piperazine rings is 1. The number of carbonyl (C=O) groups is 2. The lowest BCUT2D eigenvalue weighted by Gasteiger charge is -2.33. The van der Waals surface area contributed by atoms with Gasteiger partial charge in [-0.1, -0.05) is 29.0 Å². The summed E-state index contributed by atoms with van der Waals surface area (Å²) in [7, 11) is -6.78. The van der Waals surface area contributed by atoms with E-state index in [9.17, 15) is 26.4 Å². The summed E-state index contributed by atoms with van der Waals surface area (Å²) < 4.78 is 51.2. The molecule has 0 radical (unpaired) electrons. The highest BCUT2D eigenvalue weighted by Crippen LogP contribution is 2.30. The van der Waals surface area contributed by atoms with Crippen LogP contribution in [0, 0.1) is 0 Å². The van der Waals surface area contributed by atoms with Gasteiger partial charge in [-0.25, -0.2) is 21.8 Å². The van der Waals surface area contributed by atoms with E-state index in [0.29, 0.717) is 49.4 Å². The molecule has 0 atom stereocenters. The number of hydrogen-bond acceptors (Lipinski definition) is 9. The maximum Gasteiger partial charge on any atom is 0.258 e. The fraction of sp³-hybridized carbons (Fsp3) is 0.348. The molecule has 3 aromatic rings. The van der Waals surface area contributed by atoms with E-state index in [2.05, 4.69) is 15.2 Å². The SMILES string of the molecule is CS(=O)(=O)N1CCN(CCCS(=O)(=O)c2ccc3nc(NC(=O)c4cccc(C(N)=O)c4Cl)sc3c2)CC1. The van der Waals surface area contributed by atoms with E-state index in [1.54, 1.807) is 6.07 Å². The van der Waals surface area contributed by atoms with Crippen molar-refractivity contribution in [2.45, 2.75) is 11.3 Å². The zero-order chi connectivity index (χ0) is 27.7. The number of amides is 2. The number of benzene rings is 2. The second-order valence-electron chi connectivity index (χ2n) is 8.81. The molecule has 38 heavy (non-hydrogen) atoms. The second kappa shape index (κ2) is 11.2. The Morgan fingerprint density at radius 2 is 1.76 bits per heavy atom. The van der Waals surface area contributed by atoms with Gasteiger partial charge in [0, 0.05) is 26.2 Å². The van der Waals surface area contributed by atoms with Crippen molar-refractivity contribution in [3.63, 3.8) is 0 Å². The molecular formula is C23H26ClN5O6S3. The van der Waals surface area contributed by atoms with Crippen molar-refractivity contribution in [2.75, 3.05) is 50.0 Å². The third-order valence-electron chi connectivity index (χ3n) is 6.14. The van der Waals surface area contributed by atoms with Crippen LogP contribution in [0.2, 0.25) is 5.02 Å². The van der Waals surface area contributed by atoms with E-state index in [0.717, 1.165) is 11.3 Å². The van der Waals surface area contributed by atoms with Gasteiger partial charge in [-0.05, 0) is 43.3 Å². The standard InChI is InChI=1S/C23H26ClN5O6S3/c1-37(32,33)29-11-9-28(10-12-29)8-3-13-38(34,35)15-6-7-18-19(14-15)36-23(26-18)27-22(31)17-5-2-4-16(20(17)24)21(25)30/h2,4-7,14H,3,8-13H2,1H3,(H2,25,30)(H,26,27,31). The lowest BCUT2D eigenvalue weighted by atomic mass is 10.1. The number of hydrogen-bond donors (Lipinski definition) is 2. The van der Waals surface area contributed by atoms with Gasteiger partial charge in [0.15, 0.2) is 15.0 Å². The highest BCUT2D eigenvalue weighted by Gasteiger charge is 2.24. The summed E-state index contributed by atoms with van der Waals surface area (Å²) in [5.41, 5.74) is 5.89. The minimum absolute atomic E-state index is 0.0228. The number of primary amides is 1. The van der Waals surface area contributed by atoms with E-state index >= 15 is 0 Å². The van der Waals surface area contributed by atoms with Crippen LogP contribution in [0.5, 0.6) is 0 Å². The van der Waals surface area contributed by atoms with Gasteiger partial charge in [0.1, 0.15) is 0 Å². The largest absolute Gasteiger partial charge is 0.366 e. The Bertz CT molecular complexity index is 1600. The van der Waals surface area contributed by atoms with Crippen LogP contribution in [0.3, 0.4) is 0 Å². The summed E-state index contributed by atoms with van der Waals surface area (Å²) in [6, 6.07) is 8.96. The first-order valence-electron chi connectivity index (χ1n) is 11.6. The van der Waals surface area contributed by atoms with Crippen LogP contribution >= 0.6 is 22.9 Å². The number of nitrogens with zero attached hydrogens (tertiary/aromatic N) is 3. The summed E-state index contributed by atoms with van der Waals surface area (Å²) in [6.07, 6.45) is 1.60. The highest BCUT2D eigenvalue weighted by atomic mass is 35.5. The Kier molecular flexibility index (Phi) is 8.40. The van der Waals surface area contributed by atoms with E-state index < -0.39 is 31.7 Å². The summed E-state index contributed by atoms with van der Waals surface area (Å²) >= 11 is 7.27. The van der Waals surface area contributed by atoms with Crippen LogP contribution < -0.4 is 11.1 Å². The lowest BCUT2D eigenvalue weighted by molar-refractivity contribution is 0.1000. The molecule has 4 rings (SSSR count). The minimum Gasteiger partial charge on any atom is -0.366 e. The first kappa shape index (κ1) is 28.4. The number of halogens is 1. The fourth-order valence-electron chi connectivity index (χ4n) is 4.09. The summed E-state index contributed by atoms with van der Waals surface area (Å²) in [6.45, 7) is 2.47. The summed E-state index contributed by atoms with van der Waals surface area (Å²) in [5, 5.41) is 2.81. The predicted octanol–water partition coefficient (Wildman–Crippen LogP) is 2.04. The number of nitrogens with two attached hydrogens (primary N) is 1. The summed E-state index contributed by atoms with van der Waals surface area (Å²) in [5.74, 6) is -1.39. The molecule has 0 spiro atoms. The number of nitrogens with one attached hydrogen (secondary N) is 1. The van der Waals surface area contributed by atoms with Crippen molar-refractivity contribution in [1.29, 1.82) is 0 Å². The molecule has 2 amide bonds. The topological polar surface area (TPSA) is 160 Å². The molecule has 1 aromatic heterocycles. The number of thiazole rings is 1. The van der Waals surface area contributed by atoms with Gasteiger partial charge in [-0.3, -0.25) is 14.9 Å². The van der Waals surface area contributed by atoms with Gasteiger partial charge in [-0.2, -0.15) is 4.31 Å². The Morgan fingerprint density at radius 1 is 1.08 bits per heavy atom. The van der Waals surface area contributed by atoms with Crippen molar-refractivity contribution in [1.82, 2.24) is 14.2 Å². The normalized spacial score (nSPS) is 15.5. The van der Waals surface area contributed by atoms with E-state index in [1.807, 2.05) is 0 Å². The molecule has 1 aliphatic heterocycles. The first-order chi connectivity index (χ1) is 17.8. The average Bonchev–Trinajstić information content (AvgIpc) is 3.25. The van der Waals surface area contributed by atoms with Gasteiger partial charge < -0.3 is 10.6 Å². The molecule has 11 nitrogen and oxygen atoms in total. The maximum atomic E-state index is 13.0. The molecule has 1 aliphatic rings. The molecule has 1 fully saturated rings. The molecule has 0 saturated carbocycles. The monoisotopic (exact) mass is 599 g/mol. The van der Waals surface area contributed by atoms with E-state index in [-0.39, 0.29) is 31.9 Å². The third kappa shape index (κ3) is 6.50. The van der Waals surface area contributed by atoms with Gasteiger partial charge >= 0.3 is 0 Å². The van der Waals surface area contributed by atoms with Crippen LogP contribution in [0.1, 0.15) is 27.1 Å². The average molecular weight is 600 g/mol. The quantitative estimate of drug-likeness (QED) is 0.378. The van der Waals surface area contributed by atoms with Crippen LogP contribution in [0.4, 0.5) is 5.13 Å². The van der Waals surface area contributed by atoms with Crippen molar-refractivity contribution >= 4 is 70.0 Å². The first-order valence-corrected chi connectivity index (χ1v) is 16.2. The number of anilines is 1. The Labute approximate surface area is 229 Å². The molecule has 1 saturated heterocycles. The fourth-order valence-corrected chi connectivity index (χ4v) is 7.52. The van der Waals surface area contributed by atoms with Crippen molar-refractivity contribution < 1.29 is 26.4 Å². The zero-order valence-corrected chi connectivity index (χ0v) is 23.6. The van der Waals surface area contributed by atoms with Crippen molar-refractivity contribution in [3.05, 3.63) is 52.5 Å². The number of sulfonamides is 1. The number of carbonyl (C=O) groups excluding carboxylic acids is 2. The molecule has 2 heterocycles. The van der Waals surface area contributed by atoms with Gasteiger partial charge in [-0.15, -0.1) is 0 Å². The number of sulfone groups is 1.